The van der Waals surface area contributed by atoms with E-state index in [1.54, 1.807) is 0 Å². The second-order valence-corrected chi connectivity index (χ2v) is 19.5. The van der Waals surface area contributed by atoms with Gasteiger partial charge in [-0.25, -0.2) is 0 Å². The molecule has 6 heteroatoms. The molecule has 0 aromatic rings. The first kappa shape index (κ1) is 65.8. The van der Waals surface area contributed by atoms with Crippen LogP contribution < -0.4 is 0 Å². The number of carbonyl (C=O) groups is 3. The fourth-order valence-electron chi connectivity index (χ4n) is 8.31. The van der Waals surface area contributed by atoms with Gasteiger partial charge in [0.1, 0.15) is 13.2 Å². The molecule has 0 bridgehead atoms. The summed E-state index contributed by atoms with van der Waals surface area (Å²) in [6, 6.07) is 0. The molecular weight excluding hydrogens is 853 g/mol. The normalized spacial score (nSPS) is 12.6. The molecule has 0 saturated heterocycles. The van der Waals surface area contributed by atoms with Gasteiger partial charge in [-0.05, 0) is 77.0 Å². The van der Waals surface area contributed by atoms with Gasteiger partial charge in [-0.3, -0.25) is 14.4 Å². The lowest BCUT2D eigenvalue weighted by molar-refractivity contribution is -0.166. The largest absolute Gasteiger partial charge is 0.462 e. The number of carbonyl (C=O) groups excluding carboxylic acids is 3. The molecule has 0 aromatic heterocycles. The maximum atomic E-state index is 12.9. The molecule has 0 saturated carbocycles. The molecule has 0 amide bonds. The van der Waals surface area contributed by atoms with Crippen molar-refractivity contribution in [3.63, 3.8) is 0 Å². The number of unbranched alkanes of at least 4 members (excludes halogenated alkanes) is 30. The molecule has 0 fully saturated rings. The Morgan fingerprint density at radius 2 is 0.594 bits per heavy atom. The van der Waals surface area contributed by atoms with Crippen molar-refractivity contribution in [3.8, 4) is 0 Å². The number of hydrogen-bond donors (Lipinski definition) is 0. The predicted octanol–water partition coefficient (Wildman–Crippen LogP) is 19.8. The molecule has 69 heavy (non-hydrogen) atoms. The van der Waals surface area contributed by atoms with Gasteiger partial charge in [-0.2, -0.15) is 0 Å². The summed E-state index contributed by atoms with van der Waals surface area (Å²) >= 11 is 0. The van der Waals surface area contributed by atoms with Crippen LogP contribution in [0.4, 0.5) is 0 Å². The molecule has 0 heterocycles. The average molecular weight is 964 g/mol. The summed E-state index contributed by atoms with van der Waals surface area (Å²) in [5.74, 6) is -0.981. The molecule has 6 nitrogen and oxygen atoms in total. The molecule has 398 valence electrons. The van der Waals surface area contributed by atoms with Gasteiger partial charge in [0.05, 0.1) is 0 Å². The van der Waals surface area contributed by atoms with Crippen molar-refractivity contribution < 1.29 is 28.6 Å². The van der Waals surface area contributed by atoms with Crippen molar-refractivity contribution in [3.05, 3.63) is 72.9 Å². The van der Waals surface area contributed by atoms with E-state index in [9.17, 15) is 14.4 Å². The van der Waals surface area contributed by atoms with Gasteiger partial charge < -0.3 is 14.2 Å². The van der Waals surface area contributed by atoms with Crippen molar-refractivity contribution in [2.24, 2.45) is 0 Å². The SMILES string of the molecule is CC/C=C\C/C=C\C/C=C\C/C=C\CCC(=O)OCC(COC(=O)CCCCCCCCCCCCCCCCCCCCCCC)OC(=O)CCCCCCCCC/C=C\C/C=C\CCCCC. The van der Waals surface area contributed by atoms with Gasteiger partial charge in [0.2, 0.25) is 0 Å². The minimum atomic E-state index is -0.807. The van der Waals surface area contributed by atoms with Crippen LogP contribution in [-0.2, 0) is 28.6 Å². The van der Waals surface area contributed by atoms with E-state index in [0.717, 1.165) is 77.0 Å². The first-order valence-corrected chi connectivity index (χ1v) is 29.4. The molecular formula is C63H110O6. The van der Waals surface area contributed by atoms with Crippen molar-refractivity contribution in [1.82, 2.24) is 0 Å². The third kappa shape index (κ3) is 55.6. The van der Waals surface area contributed by atoms with Gasteiger partial charge in [0.25, 0.3) is 0 Å². The highest BCUT2D eigenvalue weighted by Crippen LogP contribution is 2.16. The van der Waals surface area contributed by atoms with Crippen molar-refractivity contribution >= 4 is 17.9 Å². The summed E-state index contributed by atoms with van der Waals surface area (Å²) in [6.07, 6.45) is 73.4. The van der Waals surface area contributed by atoms with E-state index in [1.807, 2.05) is 6.08 Å². The van der Waals surface area contributed by atoms with Crippen LogP contribution in [0.25, 0.3) is 0 Å². The summed E-state index contributed by atoms with van der Waals surface area (Å²) < 4.78 is 16.8. The smallest absolute Gasteiger partial charge is 0.306 e. The van der Waals surface area contributed by atoms with Crippen LogP contribution in [0, 0.1) is 0 Å². The highest BCUT2D eigenvalue weighted by Gasteiger charge is 2.19. The number of esters is 3. The van der Waals surface area contributed by atoms with E-state index in [-0.39, 0.29) is 37.5 Å². The Morgan fingerprint density at radius 1 is 0.304 bits per heavy atom. The minimum Gasteiger partial charge on any atom is -0.462 e. The van der Waals surface area contributed by atoms with E-state index in [4.69, 9.17) is 14.2 Å². The molecule has 0 N–H and O–H groups in total. The Bertz CT molecular complexity index is 1290. The van der Waals surface area contributed by atoms with Gasteiger partial charge in [-0.15, -0.1) is 0 Å². The highest BCUT2D eigenvalue weighted by atomic mass is 16.6. The first-order valence-electron chi connectivity index (χ1n) is 29.4. The number of rotatable bonds is 53. The molecule has 0 spiro atoms. The van der Waals surface area contributed by atoms with Gasteiger partial charge in [-0.1, -0.05) is 267 Å². The van der Waals surface area contributed by atoms with Crippen LogP contribution in [0.3, 0.4) is 0 Å². The Morgan fingerprint density at radius 3 is 1.00 bits per heavy atom. The summed E-state index contributed by atoms with van der Waals surface area (Å²) in [7, 11) is 0. The molecule has 0 aromatic carbocycles. The standard InChI is InChI=1S/C63H110O6/c1-4-7-10-13-16-19-22-25-27-29-30-31-32-34-35-38-41-44-47-50-53-56-62(65)68-59-60(58-67-61(64)55-52-49-46-43-40-37-24-21-18-15-12-9-6-3)69-63(66)57-54-51-48-45-42-39-36-33-28-26-23-20-17-14-11-8-5-2/h9,12,17-18,20-21,26,28,37,40,46,49,60H,4-8,10-11,13-16,19,22-25,27,29-36,38-39,41-45,47-48,50-59H2,1-3H3/b12-9-,20-17-,21-18-,28-26-,40-37-,49-46-. The van der Waals surface area contributed by atoms with Crippen LogP contribution in [0.5, 0.6) is 0 Å². The van der Waals surface area contributed by atoms with Crippen LogP contribution in [0.1, 0.15) is 290 Å². The maximum absolute atomic E-state index is 12.9. The lowest BCUT2D eigenvalue weighted by Crippen LogP contribution is -2.30. The van der Waals surface area contributed by atoms with Crippen LogP contribution in [-0.4, -0.2) is 37.2 Å². The zero-order valence-electron chi connectivity index (χ0n) is 45.6. The summed E-state index contributed by atoms with van der Waals surface area (Å²) in [4.78, 5) is 38.1. The number of hydrogen-bond acceptors (Lipinski definition) is 6. The molecule has 0 aliphatic carbocycles. The fourth-order valence-corrected chi connectivity index (χ4v) is 8.31. The minimum absolute atomic E-state index is 0.0983. The van der Waals surface area contributed by atoms with Crippen LogP contribution in [0.15, 0.2) is 72.9 Å². The predicted molar refractivity (Wildman–Crippen MR) is 298 cm³/mol. The first-order chi connectivity index (χ1) is 34.0. The highest BCUT2D eigenvalue weighted by molar-refractivity contribution is 5.71. The molecule has 0 aliphatic rings. The Kier molecular flexibility index (Phi) is 54.8. The molecule has 0 aliphatic heterocycles. The third-order valence-corrected chi connectivity index (χ3v) is 12.7. The van der Waals surface area contributed by atoms with E-state index in [2.05, 4.69) is 87.6 Å². The quantitative estimate of drug-likeness (QED) is 0.0262. The number of allylic oxidation sites excluding steroid dienone is 12. The van der Waals surface area contributed by atoms with E-state index >= 15 is 0 Å². The third-order valence-electron chi connectivity index (χ3n) is 12.7. The maximum Gasteiger partial charge on any atom is 0.306 e. The van der Waals surface area contributed by atoms with Crippen LogP contribution >= 0.6 is 0 Å². The molecule has 0 rings (SSSR count). The van der Waals surface area contributed by atoms with Gasteiger partial charge in [0, 0.05) is 19.3 Å². The van der Waals surface area contributed by atoms with Crippen molar-refractivity contribution in [2.45, 2.75) is 297 Å². The monoisotopic (exact) mass is 963 g/mol. The fraction of sp³-hybridized carbons (Fsp3) is 0.762. The Hall–Kier alpha value is -3.15. The topological polar surface area (TPSA) is 78.9 Å². The second-order valence-electron chi connectivity index (χ2n) is 19.5. The zero-order chi connectivity index (χ0) is 50.0. The molecule has 0 radical (unpaired) electrons. The zero-order valence-corrected chi connectivity index (χ0v) is 45.6. The number of ether oxygens (including phenoxy) is 3. The summed E-state index contributed by atoms with van der Waals surface area (Å²) in [5, 5.41) is 0. The molecule has 1 unspecified atom stereocenters. The van der Waals surface area contributed by atoms with E-state index < -0.39 is 6.10 Å². The summed E-state index contributed by atoms with van der Waals surface area (Å²) in [6.45, 7) is 6.46. The second kappa shape index (κ2) is 57.4. The average Bonchev–Trinajstić information content (AvgIpc) is 3.35. The molecule has 1 atom stereocenters. The lowest BCUT2D eigenvalue weighted by atomic mass is 10.0. The van der Waals surface area contributed by atoms with E-state index in [1.165, 1.54) is 167 Å². The van der Waals surface area contributed by atoms with Crippen molar-refractivity contribution in [1.29, 1.82) is 0 Å². The summed E-state index contributed by atoms with van der Waals surface area (Å²) in [5.41, 5.74) is 0. The van der Waals surface area contributed by atoms with Crippen molar-refractivity contribution in [2.75, 3.05) is 13.2 Å². The Balaban J connectivity index is 4.37. The van der Waals surface area contributed by atoms with Gasteiger partial charge >= 0.3 is 17.9 Å². The van der Waals surface area contributed by atoms with Gasteiger partial charge in [0.15, 0.2) is 6.10 Å². The van der Waals surface area contributed by atoms with E-state index in [0.29, 0.717) is 19.3 Å². The van der Waals surface area contributed by atoms with Crippen LogP contribution in [0.2, 0.25) is 0 Å². The lowest BCUT2D eigenvalue weighted by Gasteiger charge is -2.18. The Labute approximate surface area is 427 Å².